The number of halogens is 1. The molecular formula is C26H28FN3O2. The summed E-state index contributed by atoms with van der Waals surface area (Å²) in [7, 11) is 1.63. The number of nitrogens with zero attached hydrogens (tertiary/aromatic N) is 3. The minimum atomic E-state index is -0.294. The van der Waals surface area contributed by atoms with E-state index in [2.05, 4.69) is 11.6 Å². The summed E-state index contributed by atoms with van der Waals surface area (Å²) in [5.41, 5.74) is 4.40. The van der Waals surface area contributed by atoms with E-state index < -0.39 is 0 Å². The molecule has 1 amide bonds. The highest BCUT2D eigenvalue weighted by atomic mass is 19.1. The van der Waals surface area contributed by atoms with Gasteiger partial charge in [0.1, 0.15) is 11.6 Å². The largest absolute Gasteiger partial charge is 0.495 e. The summed E-state index contributed by atoms with van der Waals surface area (Å²) in [6.07, 6.45) is 5.34. The van der Waals surface area contributed by atoms with Crippen molar-refractivity contribution in [3.05, 3.63) is 84.2 Å². The van der Waals surface area contributed by atoms with E-state index in [9.17, 15) is 9.18 Å². The van der Waals surface area contributed by atoms with E-state index in [4.69, 9.17) is 4.74 Å². The van der Waals surface area contributed by atoms with Crippen LogP contribution >= 0.6 is 0 Å². The van der Waals surface area contributed by atoms with Crippen LogP contribution in [-0.2, 0) is 4.79 Å². The first kappa shape index (κ1) is 21.8. The minimum absolute atomic E-state index is 0.0614. The third kappa shape index (κ3) is 4.17. The summed E-state index contributed by atoms with van der Waals surface area (Å²) < 4.78 is 20.9. The van der Waals surface area contributed by atoms with Gasteiger partial charge < -0.3 is 14.2 Å². The van der Waals surface area contributed by atoms with Crippen molar-refractivity contribution in [1.82, 2.24) is 14.5 Å². The maximum absolute atomic E-state index is 13.4. The molecule has 0 bridgehead atoms. The van der Waals surface area contributed by atoms with Gasteiger partial charge in [-0.1, -0.05) is 24.8 Å². The average molecular weight is 434 g/mol. The Morgan fingerprint density at radius 2 is 2.00 bits per heavy atom. The maximum atomic E-state index is 13.4. The number of aryl methyl sites for hydroxylation is 1. The van der Waals surface area contributed by atoms with Gasteiger partial charge in [-0.15, -0.1) is 0 Å². The predicted molar refractivity (Wildman–Crippen MR) is 123 cm³/mol. The van der Waals surface area contributed by atoms with Crippen molar-refractivity contribution in [2.24, 2.45) is 5.92 Å². The number of carbonyl (C=O) groups is 1. The zero-order chi connectivity index (χ0) is 22.8. The Morgan fingerprint density at radius 3 is 2.66 bits per heavy atom. The molecule has 32 heavy (non-hydrogen) atoms. The van der Waals surface area contributed by atoms with E-state index >= 15 is 0 Å². The first-order chi connectivity index (χ1) is 15.4. The summed E-state index contributed by atoms with van der Waals surface area (Å²) in [5, 5.41) is 0. The summed E-state index contributed by atoms with van der Waals surface area (Å²) >= 11 is 0. The van der Waals surface area contributed by atoms with Gasteiger partial charge in [0.15, 0.2) is 0 Å². The first-order valence-electron chi connectivity index (χ1n) is 10.8. The average Bonchev–Trinajstić information content (AvgIpc) is 3.24. The summed E-state index contributed by atoms with van der Waals surface area (Å²) in [6, 6.07) is 12.1. The summed E-state index contributed by atoms with van der Waals surface area (Å²) in [6.45, 7) is 8.90. The quantitative estimate of drug-likeness (QED) is 0.527. The van der Waals surface area contributed by atoms with Crippen LogP contribution in [0.3, 0.4) is 0 Å². The van der Waals surface area contributed by atoms with E-state index in [-0.39, 0.29) is 23.7 Å². The lowest BCUT2D eigenvalue weighted by molar-refractivity contribution is -0.138. The Bertz CT molecular complexity index is 1140. The van der Waals surface area contributed by atoms with Crippen molar-refractivity contribution in [2.75, 3.05) is 13.7 Å². The van der Waals surface area contributed by atoms with Gasteiger partial charge >= 0.3 is 0 Å². The molecule has 2 heterocycles. The highest BCUT2D eigenvalue weighted by Crippen LogP contribution is 2.36. The molecule has 1 fully saturated rings. The van der Waals surface area contributed by atoms with Crippen LogP contribution in [0.1, 0.15) is 42.6 Å². The molecule has 0 aliphatic carbocycles. The summed E-state index contributed by atoms with van der Waals surface area (Å²) in [5.74, 6) is 0.185. The number of benzene rings is 2. The second kappa shape index (κ2) is 8.99. The van der Waals surface area contributed by atoms with E-state index in [0.29, 0.717) is 12.3 Å². The van der Waals surface area contributed by atoms with E-state index in [0.717, 1.165) is 40.9 Å². The van der Waals surface area contributed by atoms with Crippen LogP contribution in [-0.4, -0.2) is 34.0 Å². The van der Waals surface area contributed by atoms with Crippen molar-refractivity contribution in [3.63, 3.8) is 0 Å². The van der Waals surface area contributed by atoms with Crippen LogP contribution in [0, 0.1) is 18.7 Å². The number of imidazole rings is 1. The van der Waals surface area contributed by atoms with Crippen LogP contribution in [0.15, 0.2) is 61.6 Å². The SMILES string of the molecule is C=C(c1ccc(-n2cnc(C)c2)c(OC)c1)C1CCCN(C(C)c2ccc(F)cc2)C1=O. The number of hydrogen-bond acceptors (Lipinski definition) is 3. The fourth-order valence-electron chi connectivity index (χ4n) is 4.37. The molecule has 0 saturated carbocycles. The second-order valence-electron chi connectivity index (χ2n) is 8.29. The van der Waals surface area contributed by atoms with Gasteiger partial charge in [-0.25, -0.2) is 9.37 Å². The van der Waals surface area contributed by atoms with E-state index in [1.807, 2.05) is 47.7 Å². The van der Waals surface area contributed by atoms with Crippen molar-refractivity contribution >= 4 is 11.5 Å². The Morgan fingerprint density at radius 1 is 1.25 bits per heavy atom. The number of aromatic nitrogens is 2. The molecule has 1 saturated heterocycles. The molecule has 0 spiro atoms. The zero-order valence-corrected chi connectivity index (χ0v) is 18.7. The lowest BCUT2D eigenvalue weighted by atomic mass is 9.85. The van der Waals surface area contributed by atoms with Crippen molar-refractivity contribution < 1.29 is 13.9 Å². The number of rotatable bonds is 6. The standard InChI is InChI=1S/C26H28FN3O2/c1-17-15-29(16-28-17)24-12-9-21(14-25(24)32-4)18(2)23-6-5-13-30(26(23)31)19(3)20-7-10-22(27)11-8-20/h7-12,14-16,19,23H,2,5-6,13H2,1,3-4H3. The molecule has 3 aromatic rings. The molecular weight excluding hydrogens is 405 g/mol. The van der Waals surface area contributed by atoms with Crippen molar-refractivity contribution in [1.29, 1.82) is 0 Å². The van der Waals surface area contributed by atoms with Gasteiger partial charge in [-0.05, 0) is 67.7 Å². The van der Waals surface area contributed by atoms with Gasteiger partial charge in [0.05, 0.1) is 36.8 Å². The number of likely N-dealkylation sites (tertiary alicyclic amines) is 1. The summed E-state index contributed by atoms with van der Waals surface area (Å²) in [4.78, 5) is 19.6. The molecule has 2 aromatic carbocycles. The molecule has 1 aromatic heterocycles. The topological polar surface area (TPSA) is 47.4 Å². The van der Waals surface area contributed by atoms with Crippen LogP contribution in [0.4, 0.5) is 4.39 Å². The molecule has 166 valence electrons. The Labute approximate surface area is 188 Å². The number of ether oxygens (including phenoxy) is 1. The highest BCUT2D eigenvalue weighted by molar-refractivity contribution is 5.92. The molecule has 4 rings (SSSR count). The van der Waals surface area contributed by atoms with Gasteiger partial charge in [0.2, 0.25) is 5.91 Å². The minimum Gasteiger partial charge on any atom is -0.495 e. The lowest BCUT2D eigenvalue weighted by Gasteiger charge is -2.37. The fourth-order valence-corrected chi connectivity index (χ4v) is 4.37. The van der Waals surface area contributed by atoms with Gasteiger partial charge in [-0.3, -0.25) is 4.79 Å². The third-order valence-electron chi connectivity index (χ3n) is 6.25. The molecule has 0 radical (unpaired) electrons. The Kier molecular flexibility index (Phi) is 6.12. The molecule has 2 atom stereocenters. The number of hydrogen-bond donors (Lipinski definition) is 0. The lowest BCUT2D eigenvalue weighted by Crippen LogP contribution is -2.42. The molecule has 6 heteroatoms. The molecule has 5 nitrogen and oxygen atoms in total. The number of carbonyl (C=O) groups excluding carboxylic acids is 1. The zero-order valence-electron chi connectivity index (χ0n) is 18.7. The van der Waals surface area contributed by atoms with Crippen molar-refractivity contribution in [2.45, 2.75) is 32.7 Å². The maximum Gasteiger partial charge on any atom is 0.230 e. The van der Waals surface area contributed by atoms with Gasteiger partial charge in [0.25, 0.3) is 0 Å². The second-order valence-corrected chi connectivity index (χ2v) is 8.29. The van der Waals surface area contributed by atoms with Gasteiger partial charge in [0, 0.05) is 12.7 Å². The van der Waals surface area contributed by atoms with Crippen LogP contribution in [0.2, 0.25) is 0 Å². The molecule has 1 aliphatic heterocycles. The first-order valence-corrected chi connectivity index (χ1v) is 10.8. The fraction of sp³-hybridized carbons (Fsp3) is 0.308. The third-order valence-corrected chi connectivity index (χ3v) is 6.25. The monoisotopic (exact) mass is 433 g/mol. The van der Waals surface area contributed by atoms with Crippen LogP contribution in [0.5, 0.6) is 5.75 Å². The normalized spacial score (nSPS) is 17.3. The van der Waals surface area contributed by atoms with E-state index in [1.165, 1.54) is 12.1 Å². The molecule has 0 N–H and O–H groups in total. The molecule has 1 aliphatic rings. The highest BCUT2D eigenvalue weighted by Gasteiger charge is 2.34. The number of piperidine rings is 1. The van der Waals surface area contributed by atoms with E-state index in [1.54, 1.807) is 25.6 Å². The molecule has 2 unspecified atom stereocenters. The number of amides is 1. The van der Waals surface area contributed by atoms with Crippen molar-refractivity contribution in [3.8, 4) is 11.4 Å². The Balaban J connectivity index is 1.57. The Hall–Kier alpha value is -3.41. The smallest absolute Gasteiger partial charge is 0.230 e. The van der Waals surface area contributed by atoms with Crippen LogP contribution in [0.25, 0.3) is 11.3 Å². The van der Waals surface area contributed by atoms with Gasteiger partial charge in [-0.2, -0.15) is 0 Å². The number of methoxy groups -OCH3 is 1. The van der Waals surface area contributed by atoms with Crippen LogP contribution < -0.4 is 4.74 Å². The predicted octanol–water partition coefficient (Wildman–Crippen LogP) is 5.34.